The van der Waals surface area contributed by atoms with E-state index in [1.165, 1.54) is 0 Å². The van der Waals surface area contributed by atoms with E-state index in [0.717, 1.165) is 56.3 Å². The Morgan fingerprint density at radius 1 is 0.900 bits per heavy atom. The maximum absolute atomic E-state index is 5.82. The van der Waals surface area contributed by atoms with Gasteiger partial charge in [-0.3, -0.25) is 9.97 Å². The smallest absolute Gasteiger partial charge is 0.111 e. The molecule has 5 nitrogen and oxygen atoms in total. The van der Waals surface area contributed by atoms with Gasteiger partial charge in [0.1, 0.15) is 5.82 Å². The van der Waals surface area contributed by atoms with Gasteiger partial charge in [0.25, 0.3) is 0 Å². The Labute approximate surface area is 174 Å². The van der Waals surface area contributed by atoms with Crippen molar-refractivity contribution in [1.82, 2.24) is 19.9 Å². The zero-order chi connectivity index (χ0) is 20.5. The molecule has 3 aromatic heterocycles. The number of nitrogens with zero attached hydrogens (tertiary/aromatic N) is 3. The molecule has 0 aliphatic carbocycles. The molecule has 0 saturated carbocycles. The number of imidazole rings is 1. The maximum Gasteiger partial charge on any atom is 0.111 e. The summed E-state index contributed by atoms with van der Waals surface area (Å²) in [7, 11) is 0. The Morgan fingerprint density at radius 3 is 2.60 bits per heavy atom. The number of aromatic nitrogens is 4. The van der Waals surface area contributed by atoms with Crippen molar-refractivity contribution in [3.8, 4) is 22.6 Å². The van der Waals surface area contributed by atoms with E-state index < -0.39 is 0 Å². The zero-order valence-electron chi connectivity index (χ0n) is 16.6. The molecule has 0 unspecified atom stereocenters. The molecule has 0 spiro atoms. The fourth-order valence-electron chi connectivity index (χ4n) is 3.63. The van der Waals surface area contributed by atoms with E-state index in [1.807, 2.05) is 67.7 Å². The van der Waals surface area contributed by atoms with Crippen LogP contribution in [0.2, 0.25) is 0 Å². The van der Waals surface area contributed by atoms with E-state index in [1.54, 1.807) is 0 Å². The molecular formula is C25H21N5. The summed E-state index contributed by atoms with van der Waals surface area (Å²) in [4.78, 5) is 17.6. The molecule has 0 fully saturated rings. The predicted molar refractivity (Wildman–Crippen MR) is 121 cm³/mol. The number of aromatic amines is 1. The molecule has 0 aliphatic heterocycles. The second-order valence-electron chi connectivity index (χ2n) is 7.40. The van der Waals surface area contributed by atoms with Crippen LogP contribution in [0.4, 0.5) is 5.69 Å². The number of nitrogens with two attached hydrogens (primary N) is 1. The van der Waals surface area contributed by atoms with Gasteiger partial charge in [-0.2, -0.15) is 0 Å². The quantitative estimate of drug-likeness (QED) is 0.414. The third-order valence-corrected chi connectivity index (χ3v) is 5.13. The Balaban J connectivity index is 1.63. The number of fused-ring (bicyclic) bond motifs is 1. The normalized spacial score (nSPS) is 11.1. The average Bonchev–Trinajstić information content (AvgIpc) is 3.19. The molecule has 146 valence electrons. The number of nitrogen functional groups attached to an aromatic ring is 1. The van der Waals surface area contributed by atoms with Gasteiger partial charge in [-0.05, 0) is 55.0 Å². The summed E-state index contributed by atoms with van der Waals surface area (Å²) in [5.41, 5.74) is 13.4. The van der Waals surface area contributed by atoms with Crippen LogP contribution < -0.4 is 5.73 Å². The van der Waals surface area contributed by atoms with Gasteiger partial charge < -0.3 is 10.7 Å². The Morgan fingerprint density at radius 2 is 1.77 bits per heavy atom. The molecule has 3 heterocycles. The Kier molecular flexibility index (Phi) is 4.48. The minimum atomic E-state index is 0.689. The highest BCUT2D eigenvalue weighted by Crippen LogP contribution is 2.31. The molecule has 3 N–H and O–H groups in total. The summed E-state index contributed by atoms with van der Waals surface area (Å²) in [6, 6.07) is 24.2. The second-order valence-corrected chi connectivity index (χ2v) is 7.40. The molecule has 0 aliphatic rings. The molecule has 0 atom stereocenters. The number of aryl methyl sites for hydroxylation is 1. The van der Waals surface area contributed by atoms with Crippen molar-refractivity contribution >= 4 is 16.6 Å². The number of nitrogens with one attached hydrogen (secondary N) is 1. The number of H-pyrrole nitrogens is 1. The fourth-order valence-corrected chi connectivity index (χ4v) is 3.63. The molecule has 2 aromatic carbocycles. The van der Waals surface area contributed by atoms with Crippen LogP contribution in [0.15, 0.2) is 79.0 Å². The Hall–Kier alpha value is -3.99. The number of pyridine rings is 2. The highest BCUT2D eigenvalue weighted by atomic mass is 15.0. The van der Waals surface area contributed by atoms with Crippen LogP contribution in [-0.2, 0) is 6.42 Å². The van der Waals surface area contributed by atoms with Gasteiger partial charge in [0, 0.05) is 34.9 Å². The second kappa shape index (κ2) is 7.44. The van der Waals surface area contributed by atoms with E-state index in [-0.39, 0.29) is 0 Å². The largest absolute Gasteiger partial charge is 0.399 e. The van der Waals surface area contributed by atoms with E-state index in [2.05, 4.69) is 28.2 Å². The van der Waals surface area contributed by atoms with Crippen LogP contribution in [0.3, 0.4) is 0 Å². The SMILES string of the molecule is Cc1cccc(-c2[nH]c(Cc3ccc(N)cc3)nc2-c2ccc3ncccc3c2)n1. The van der Waals surface area contributed by atoms with Gasteiger partial charge in [0.15, 0.2) is 0 Å². The van der Waals surface area contributed by atoms with Crippen molar-refractivity contribution in [2.24, 2.45) is 0 Å². The lowest BCUT2D eigenvalue weighted by Gasteiger charge is -2.05. The van der Waals surface area contributed by atoms with E-state index in [9.17, 15) is 0 Å². The highest BCUT2D eigenvalue weighted by molar-refractivity contribution is 5.86. The lowest BCUT2D eigenvalue weighted by molar-refractivity contribution is 1.03. The summed E-state index contributed by atoms with van der Waals surface area (Å²) < 4.78 is 0. The summed E-state index contributed by atoms with van der Waals surface area (Å²) in [5.74, 6) is 0.888. The number of anilines is 1. The minimum absolute atomic E-state index is 0.689. The molecule has 30 heavy (non-hydrogen) atoms. The first-order valence-electron chi connectivity index (χ1n) is 9.88. The molecule has 0 saturated heterocycles. The van der Waals surface area contributed by atoms with Crippen molar-refractivity contribution in [3.63, 3.8) is 0 Å². The van der Waals surface area contributed by atoms with Crippen molar-refractivity contribution in [3.05, 3.63) is 96.1 Å². The van der Waals surface area contributed by atoms with Crippen LogP contribution in [0.5, 0.6) is 0 Å². The standard InChI is InChI=1S/C25H21N5/c1-16-4-2-6-22(28-16)25-24(19-9-12-21-18(15-19)5-3-13-27-21)29-23(30-25)14-17-7-10-20(26)11-8-17/h2-13,15H,14,26H2,1H3,(H,29,30). The van der Waals surface area contributed by atoms with Crippen molar-refractivity contribution in [2.75, 3.05) is 5.73 Å². The third kappa shape index (κ3) is 3.53. The maximum atomic E-state index is 5.82. The van der Waals surface area contributed by atoms with Crippen LogP contribution in [0.1, 0.15) is 17.1 Å². The zero-order valence-corrected chi connectivity index (χ0v) is 16.6. The molecule has 5 aromatic rings. The minimum Gasteiger partial charge on any atom is -0.399 e. The molecule has 0 amide bonds. The molecule has 5 rings (SSSR count). The fraction of sp³-hybridized carbons (Fsp3) is 0.0800. The van der Waals surface area contributed by atoms with Crippen molar-refractivity contribution in [1.29, 1.82) is 0 Å². The van der Waals surface area contributed by atoms with Gasteiger partial charge >= 0.3 is 0 Å². The van der Waals surface area contributed by atoms with Crippen molar-refractivity contribution in [2.45, 2.75) is 13.3 Å². The summed E-state index contributed by atoms with van der Waals surface area (Å²) in [6.45, 7) is 2.00. The molecule has 0 radical (unpaired) electrons. The van der Waals surface area contributed by atoms with E-state index in [4.69, 9.17) is 15.7 Å². The number of hydrogen-bond donors (Lipinski definition) is 2. The first-order valence-corrected chi connectivity index (χ1v) is 9.88. The Bertz CT molecular complexity index is 1340. The summed E-state index contributed by atoms with van der Waals surface area (Å²) in [6.07, 6.45) is 2.50. The van der Waals surface area contributed by atoms with Crippen molar-refractivity contribution < 1.29 is 0 Å². The number of hydrogen-bond acceptors (Lipinski definition) is 4. The monoisotopic (exact) mass is 391 g/mol. The lowest BCUT2D eigenvalue weighted by atomic mass is 10.1. The highest BCUT2D eigenvalue weighted by Gasteiger charge is 2.16. The van der Waals surface area contributed by atoms with Gasteiger partial charge in [-0.1, -0.05) is 30.3 Å². The van der Waals surface area contributed by atoms with Gasteiger partial charge in [-0.25, -0.2) is 4.98 Å². The predicted octanol–water partition coefficient (Wildman–Crippen LogP) is 5.17. The van der Waals surface area contributed by atoms with Crippen LogP contribution in [-0.4, -0.2) is 19.9 Å². The van der Waals surface area contributed by atoms with E-state index in [0.29, 0.717) is 6.42 Å². The third-order valence-electron chi connectivity index (χ3n) is 5.13. The van der Waals surface area contributed by atoms with Crippen LogP contribution in [0.25, 0.3) is 33.5 Å². The van der Waals surface area contributed by atoms with Gasteiger partial charge in [0.2, 0.25) is 0 Å². The first-order chi connectivity index (χ1) is 14.7. The number of benzene rings is 2. The summed E-state index contributed by atoms with van der Waals surface area (Å²) >= 11 is 0. The molecule has 0 bridgehead atoms. The lowest BCUT2D eigenvalue weighted by Crippen LogP contribution is -1.92. The van der Waals surface area contributed by atoms with Gasteiger partial charge in [-0.15, -0.1) is 0 Å². The first kappa shape index (κ1) is 18.1. The molecular weight excluding hydrogens is 370 g/mol. The number of rotatable bonds is 4. The average molecular weight is 391 g/mol. The van der Waals surface area contributed by atoms with Crippen LogP contribution in [0, 0.1) is 6.92 Å². The topological polar surface area (TPSA) is 80.5 Å². The summed E-state index contributed by atoms with van der Waals surface area (Å²) in [5, 5.41) is 1.08. The van der Waals surface area contributed by atoms with Gasteiger partial charge in [0.05, 0.1) is 22.6 Å². The van der Waals surface area contributed by atoms with Crippen LogP contribution >= 0.6 is 0 Å². The molecule has 5 heteroatoms. The van der Waals surface area contributed by atoms with E-state index >= 15 is 0 Å².